The molecule has 1 aromatic rings. The predicted octanol–water partition coefficient (Wildman–Crippen LogP) is 2.16. The molecule has 5 heteroatoms. The zero-order chi connectivity index (χ0) is 16.5. The Labute approximate surface area is 143 Å². The molecule has 2 aliphatic heterocycles. The van der Waals surface area contributed by atoms with E-state index in [9.17, 15) is 9.50 Å². The summed E-state index contributed by atoms with van der Waals surface area (Å²) in [4.78, 5) is 2.28. The second-order valence-corrected chi connectivity index (χ2v) is 7.59. The highest BCUT2D eigenvalue weighted by atomic mass is 19.1. The standard InChI is InChI=1S/C19H27FN2O2/c20-19-13(12-22-6-1-2-7-22)4-3-5-17(19)24-18-9-15-11-21-10-14(15)8-16(18)23/h3-5,14-16,18,21,23H,1-2,6-12H2/t14-,15+,16+,18+/m0/s1. The lowest BCUT2D eigenvalue weighted by Gasteiger charge is -2.35. The van der Waals surface area contributed by atoms with Crippen LogP contribution in [0, 0.1) is 17.7 Å². The number of halogens is 1. The van der Waals surface area contributed by atoms with Crippen molar-refractivity contribution in [3.05, 3.63) is 29.6 Å². The van der Waals surface area contributed by atoms with Gasteiger partial charge >= 0.3 is 0 Å². The van der Waals surface area contributed by atoms with E-state index in [2.05, 4.69) is 10.2 Å². The Kier molecular flexibility index (Phi) is 4.74. The summed E-state index contributed by atoms with van der Waals surface area (Å²) in [6.45, 7) is 4.69. The van der Waals surface area contributed by atoms with Gasteiger partial charge in [-0.2, -0.15) is 0 Å². The van der Waals surface area contributed by atoms with Crippen molar-refractivity contribution in [2.45, 2.75) is 44.4 Å². The Morgan fingerprint density at radius 2 is 1.92 bits per heavy atom. The molecule has 24 heavy (non-hydrogen) atoms. The van der Waals surface area contributed by atoms with Gasteiger partial charge in [-0.15, -0.1) is 0 Å². The van der Waals surface area contributed by atoms with Crippen LogP contribution in [0.15, 0.2) is 18.2 Å². The lowest BCUT2D eigenvalue weighted by molar-refractivity contribution is -0.0247. The number of aliphatic hydroxyl groups excluding tert-OH is 1. The molecule has 0 radical (unpaired) electrons. The number of nitrogens with zero attached hydrogens (tertiary/aromatic N) is 1. The molecule has 3 fully saturated rings. The van der Waals surface area contributed by atoms with E-state index in [0.717, 1.165) is 39.0 Å². The first kappa shape index (κ1) is 16.3. The summed E-state index contributed by atoms with van der Waals surface area (Å²) in [5.74, 6) is 1.10. The Balaban J connectivity index is 1.45. The summed E-state index contributed by atoms with van der Waals surface area (Å²) in [6, 6.07) is 5.39. The molecule has 2 N–H and O–H groups in total. The molecule has 1 saturated carbocycles. The lowest BCUT2D eigenvalue weighted by Crippen LogP contribution is -2.42. The van der Waals surface area contributed by atoms with Gasteiger partial charge in [0.2, 0.25) is 0 Å². The van der Waals surface area contributed by atoms with Crippen LogP contribution in [0.3, 0.4) is 0 Å². The third-order valence-electron chi connectivity index (χ3n) is 5.90. The van der Waals surface area contributed by atoms with Gasteiger partial charge in [-0.25, -0.2) is 4.39 Å². The van der Waals surface area contributed by atoms with Gasteiger partial charge in [-0.3, -0.25) is 4.90 Å². The average Bonchev–Trinajstić information content (AvgIpc) is 3.23. The highest BCUT2D eigenvalue weighted by Gasteiger charge is 2.40. The van der Waals surface area contributed by atoms with Crippen molar-refractivity contribution < 1.29 is 14.2 Å². The molecular formula is C19H27FN2O2. The Hall–Kier alpha value is -1.17. The summed E-state index contributed by atoms with van der Waals surface area (Å²) in [6.07, 6.45) is 3.13. The van der Waals surface area contributed by atoms with E-state index < -0.39 is 6.10 Å². The molecule has 1 aromatic carbocycles. The monoisotopic (exact) mass is 334 g/mol. The fourth-order valence-electron chi connectivity index (χ4n) is 4.50. The zero-order valence-corrected chi connectivity index (χ0v) is 14.1. The second kappa shape index (κ2) is 6.98. The molecule has 0 spiro atoms. The first-order chi connectivity index (χ1) is 11.7. The van der Waals surface area contributed by atoms with Crippen LogP contribution in [-0.2, 0) is 6.54 Å². The van der Waals surface area contributed by atoms with E-state index in [-0.39, 0.29) is 11.9 Å². The highest BCUT2D eigenvalue weighted by molar-refractivity contribution is 5.31. The second-order valence-electron chi connectivity index (χ2n) is 7.59. The van der Waals surface area contributed by atoms with E-state index >= 15 is 0 Å². The van der Waals surface area contributed by atoms with Crippen molar-refractivity contribution in [3.63, 3.8) is 0 Å². The molecule has 0 unspecified atom stereocenters. The number of benzene rings is 1. The van der Waals surface area contributed by atoms with Crippen molar-refractivity contribution in [2.75, 3.05) is 26.2 Å². The van der Waals surface area contributed by atoms with Gasteiger partial charge in [0, 0.05) is 12.1 Å². The molecule has 0 bridgehead atoms. The van der Waals surface area contributed by atoms with Crippen molar-refractivity contribution in [1.82, 2.24) is 10.2 Å². The molecule has 4 rings (SSSR count). The number of ether oxygens (including phenoxy) is 1. The Morgan fingerprint density at radius 1 is 1.17 bits per heavy atom. The van der Waals surface area contributed by atoms with E-state index in [4.69, 9.17) is 4.74 Å². The predicted molar refractivity (Wildman–Crippen MR) is 90.4 cm³/mol. The van der Waals surface area contributed by atoms with Gasteiger partial charge in [0.1, 0.15) is 6.10 Å². The topological polar surface area (TPSA) is 44.7 Å². The van der Waals surface area contributed by atoms with Gasteiger partial charge in [0.15, 0.2) is 11.6 Å². The van der Waals surface area contributed by atoms with Crippen LogP contribution in [0.25, 0.3) is 0 Å². The number of likely N-dealkylation sites (tertiary alicyclic amines) is 1. The highest BCUT2D eigenvalue weighted by Crippen LogP contribution is 2.35. The van der Waals surface area contributed by atoms with Crippen LogP contribution in [0.2, 0.25) is 0 Å². The number of fused-ring (bicyclic) bond motifs is 1. The summed E-state index contributed by atoms with van der Waals surface area (Å²) in [5, 5.41) is 13.8. The minimum atomic E-state index is -0.507. The molecule has 2 saturated heterocycles. The summed E-state index contributed by atoms with van der Waals surface area (Å²) in [5.41, 5.74) is 0.695. The van der Waals surface area contributed by atoms with Crippen LogP contribution in [0.4, 0.5) is 4.39 Å². The van der Waals surface area contributed by atoms with Crippen LogP contribution in [-0.4, -0.2) is 48.4 Å². The molecule has 2 heterocycles. The molecule has 1 aliphatic carbocycles. The summed E-state index contributed by atoms with van der Waals surface area (Å²) < 4.78 is 20.8. The first-order valence-electron chi connectivity index (χ1n) is 9.26. The van der Waals surface area contributed by atoms with Gasteiger partial charge in [-0.1, -0.05) is 12.1 Å². The first-order valence-corrected chi connectivity index (χ1v) is 9.26. The van der Waals surface area contributed by atoms with Crippen LogP contribution in [0.1, 0.15) is 31.2 Å². The summed E-state index contributed by atoms with van der Waals surface area (Å²) >= 11 is 0. The molecular weight excluding hydrogens is 307 g/mol. The average molecular weight is 334 g/mol. The van der Waals surface area contributed by atoms with Gasteiger partial charge < -0.3 is 15.2 Å². The number of nitrogens with one attached hydrogen (secondary N) is 1. The van der Waals surface area contributed by atoms with Crippen molar-refractivity contribution in [3.8, 4) is 5.75 Å². The van der Waals surface area contributed by atoms with E-state index in [0.29, 0.717) is 29.7 Å². The largest absolute Gasteiger partial charge is 0.485 e. The van der Waals surface area contributed by atoms with Crippen LogP contribution in [0.5, 0.6) is 5.75 Å². The number of aliphatic hydroxyl groups is 1. The molecule has 4 nitrogen and oxygen atoms in total. The molecule has 3 aliphatic rings. The normalized spacial score (nSPS) is 33.6. The van der Waals surface area contributed by atoms with E-state index in [1.54, 1.807) is 6.07 Å². The van der Waals surface area contributed by atoms with E-state index in [1.165, 1.54) is 12.8 Å². The Morgan fingerprint density at radius 3 is 2.71 bits per heavy atom. The number of rotatable bonds is 4. The maximum atomic E-state index is 14.8. The van der Waals surface area contributed by atoms with E-state index in [1.807, 2.05) is 12.1 Å². The SMILES string of the molecule is O[C@@H]1C[C@H]2CNC[C@H]2C[C@H]1Oc1cccc(CN2CCCC2)c1F. The molecule has 0 aromatic heterocycles. The third kappa shape index (κ3) is 3.30. The van der Waals surface area contributed by atoms with Crippen molar-refractivity contribution >= 4 is 0 Å². The summed E-state index contributed by atoms with van der Waals surface area (Å²) in [7, 11) is 0. The molecule has 4 atom stereocenters. The van der Waals surface area contributed by atoms with Crippen molar-refractivity contribution in [1.29, 1.82) is 0 Å². The number of hydrogen-bond acceptors (Lipinski definition) is 4. The zero-order valence-electron chi connectivity index (χ0n) is 14.1. The van der Waals surface area contributed by atoms with Crippen LogP contribution >= 0.6 is 0 Å². The number of hydrogen-bond donors (Lipinski definition) is 2. The van der Waals surface area contributed by atoms with Crippen molar-refractivity contribution in [2.24, 2.45) is 11.8 Å². The smallest absolute Gasteiger partial charge is 0.169 e. The Bertz CT molecular complexity index is 576. The lowest BCUT2D eigenvalue weighted by atomic mass is 9.78. The third-order valence-corrected chi connectivity index (χ3v) is 5.90. The van der Waals surface area contributed by atoms with Crippen LogP contribution < -0.4 is 10.1 Å². The quantitative estimate of drug-likeness (QED) is 0.886. The van der Waals surface area contributed by atoms with Gasteiger partial charge in [0.05, 0.1) is 6.10 Å². The maximum Gasteiger partial charge on any atom is 0.169 e. The fraction of sp³-hybridized carbons (Fsp3) is 0.684. The molecule has 0 amide bonds. The minimum Gasteiger partial charge on any atom is -0.485 e. The van der Waals surface area contributed by atoms with Gasteiger partial charge in [0.25, 0.3) is 0 Å². The molecule has 132 valence electrons. The van der Waals surface area contributed by atoms with Gasteiger partial charge in [-0.05, 0) is 69.8 Å². The minimum absolute atomic E-state index is 0.261. The maximum absolute atomic E-state index is 14.8. The fourth-order valence-corrected chi connectivity index (χ4v) is 4.50.